The lowest BCUT2D eigenvalue weighted by Gasteiger charge is -2.07. The summed E-state index contributed by atoms with van der Waals surface area (Å²) in [5.74, 6) is 0.607. The monoisotopic (exact) mass is 201 g/mol. The van der Waals surface area contributed by atoms with Gasteiger partial charge in [-0.2, -0.15) is 9.29 Å². The maximum Gasteiger partial charge on any atom is 0.471 e. The zero-order chi connectivity index (χ0) is 10.0. The second kappa shape index (κ2) is 3.69. The molecule has 0 aromatic carbocycles. The van der Waals surface area contributed by atoms with Crippen LogP contribution in [0.1, 0.15) is 11.5 Å². The number of nitrogens with zero attached hydrogens (tertiary/aromatic N) is 2. The number of hydrogen-bond acceptors (Lipinski definition) is 4. The third kappa shape index (κ3) is 1.95. The summed E-state index contributed by atoms with van der Waals surface area (Å²) in [6, 6.07) is 0.0440. The summed E-state index contributed by atoms with van der Waals surface area (Å²) in [5, 5.41) is 10.5. The SMILES string of the molecule is CSN(C([O])=O)c1nc(C)c(C)o1. The first-order valence-corrected chi connectivity index (χ1v) is 4.73. The zero-order valence-corrected chi connectivity index (χ0v) is 8.34. The highest BCUT2D eigenvalue weighted by Gasteiger charge is 2.21. The van der Waals surface area contributed by atoms with Crippen LogP contribution in [0.3, 0.4) is 0 Å². The van der Waals surface area contributed by atoms with Crippen molar-refractivity contribution in [2.75, 3.05) is 10.6 Å². The normalized spacial score (nSPS) is 10.1. The molecule has 1 heterocycles. The minimum absolute atomic E-state index is 0.0440. The van der Waals surface area contributed by atoms with Crippen molar-refractivity contribution >= 4 is 24.1 Å². The van der Waals surface area contributed by atoms with Gasteiger partial charge in [-0.15, -0.1) is 0 Å². The number of oxazole rings is 1. The summed E-state index contributed by atoms with van der Waals surface area (Å²) in [5.41, 5.74) is 0.676. The Morgan fingerprint density at radius 1 is 1.54 bits per heavy atom. The van der Waals surface area contributed by atoms with Crippen molar-refractivity contribution in [3.05, 3.63) is 11.5 Å². The van der Waals surface area contributed by atoms with E-state index in [-0.39, 0.29) is 6.01 Å². The van der Waals surface area contributed by atoms with Crippen LogP contribution in [0.15, 0.2) is 4.42 Å². The molecule has 1 aromatic rings. The summed E-state index contributed by atoms with van der Waals surface area (Å²) in [6.45, 7) is 3.47. The van der Waals surface area contributed by atoms with Crippen LogP contribution in [-0.2, 0) is 5.11 Å². The smallest absolute Gasteiger partial charge is 0.428 e. The Hall–Kier alpha value is -1.17. The number of anilines is 1. The molecule has 0 saturated carbocycles. The molecule has 5 nitrogen and oxygen atoms in total. The maximum absolute atomic E-state index is 10.5. The Morgan fingerprint density at radius 2 is 2.15 bits per heavy atom. The van der Waals surface area contributed by atoms with E-state index in [0.29, 0.717) is 11.5 Å². The van der Waals surface area contributed by atoms with Gasteiger partial charge in [0, 0.05) is 6.26 Å². The maximum atomic E-state index is 10.5. The molecular formula is C7H9N2O3S. The van der Waals surface area contributed by atoms with E-state index in [9.17, 15) is 9.90 Å². The van der Waals surface area contributed by atoms with Gasteiger partial charge in [-0.25, -0.2) is 9.90 Å². The molecule has 0 unspecified atom stereocenters. The number of amides is 1. The van der Waals surface area contributed by atoms with E-state index < -0.39 is 6.09 Å². The van der Waals surface area contributed by atoms with Crippen molar-refractivity contribution in [2.24, 2.45) is 0 Å². The molecule has 6 heteroatoms. The van der Waals surface area contributed by atoms with Gasteiger partial charge in [0.1, 0.15) is 5.76 Å². The topological polar surface area (TPSA) is 66.2 Å². The Labute approximate surface area is 79.9 Å². The van der Waals surface area contributed by atoms with Crippen molar-refractivity contribution in [2.45, 2.75) is 13.8 Å². The molecule has 1 rings (SSSR count). The number of aromatic nitrogens is 1. The molecular weight excluding hydrogens is 192 g/mol. The molecule has 0 fully saturated rings. The van der Waals surface area contributed by atoms with Crippen LogP contribution >= 0.6 is 11.9 Å². The van der Waals surface area contributed by atoms with Gasteiger partial charge < -0.3 is 4.42 Å². The third-order valence-corrected chi connectivity index (χ3v) is 2.21. The highest BCUT2D eigenvalue weighted by atomic mass is 32.2. The lowest BCUT2D eigenvalue weighted by molar-refractivity contribution is 0.180. The minimum Gasteiger partial charge on any atom is -0.428 e. The van der Waals surface area contributed by atoms with E-state index in [0.717, 1.165) is 16.3 Å². The van der Waals surface area contributed by atoms with E-state index in [2.05, 4.69) is 4.98 Å². The highest BCUT2D eigenvalue weighted by molar-refractivity contribution is 8.00. The number of rotatable bonds is 2. The zero-order valence-electron chi connectivity index (χ0n) is 7.53. The fraction of sp³-hybridized carbons (Fsp3) is 0.429. The Kier molecular flexibility index (Phi) is 2.82. The molecule has 0 aliphatic heterocycles. The lowest BCUT2D eigenvalue weighted by Crippen LogP contribution is -2.19. The molecule has 71 valence electrons. The summed E-state index contributed by atoms with van der Waals surface area (Å²) < 4.78 is 5.96. The number of carbonyl (C=O) groups excluding carboxylic acids is 1. The fourth-order valence-electron chi connectivity index (χ4n) is 0.773. The van der Waals surface area contributed by atoms with Crippen LogP contribution in [-0.4, -0.2) is 17.3 Å². The van der Waals surface area contributed by atoms with Gasteiger partial charge in [0.05, 0.1) is 5.69 Å². The predicted octanol–water partition coefficient (Wildman–Crippen LogP) is 1.93. The van der Waals surface area contributed by atoms with Gasteiger partial charge in [0.2, 0.25) is 0 Å². The molecule has 1 amide bonds. The fourth-order valence-corrected chi connectivity index (χ4v) is 1.16. The van der Waals surface area contributed by atoms with E-state index in [1.54, 1.807) is 20.1 Å². The van der Waals surface area contributed by atoms with Crippen LogP contribution < -0.4 is 4.31 Å². The van der Waals surface area contributed by atoms with Crippen molar-refractivity contribution in [1.82, 2.24) is 4.98 Å². The van der Waals surface area contributed by atoms with Crippen LogP contribution in [0.5, 0.6) is 0 Å². The lowest BCUT2D eigenvalue weighted by atomic mass is 10.4. The highest BCUT2D eigenvalue weighted by Crippen LogP contribution is 2.22. The number of aryl methyl sites for hydroxylation is 2. The number of hydrogen-bond donors (Lipinski definition) is 0. The van der Waals surface area contributed by atoms with E-state index >= 15 is 0 Å². The first kappa shape index (κ1) is 9.91. The van der Waals surface area contributed by atoms with E-state index in [4.69, 9.17) is 4.42 Å². The van der Waals surface area contributed by atoms with Crippen molar-refractivity contribution in [3.8, 4) is 0 Å². The van der Waals surface area contributed by atoms with Gasteiger partial charge in [-0.1, -0.05) is 0 Å². The molecule has 0 aliphatic carbocycles. The van der Waals surface area contributed by atoms with Gasteiger partial charge in [-0.3, -0.25) is 0 Å². The van der Waals surface area contributed by atoms with Crippen LogP contribution in [0.25, 0.3) is 0 Å². The van der Waals surface area contributed by atoms with Gasteiger partial charge in [0.25, 0.3) is 0 Å². The van der Waals surface area contributed by atoms with Crippen molar-refractivity contribution in [3.63, 3.8) is 0 Å². The summed E-state index contributed by atoms with van der Waals surface area (Å²) in [6.07, 6.45) is 0.263. The van der Waals surface area contributed by atoms with E-state index in [1.807, 2.05) is 0 Å². The Bertz CT molecular complexity index is 304. The minimum atomic E-state index is -1.34. The van der Waals surface area contributed by atoms with Crippen LogP contribution in [0.4, 0.5) is 10.8 Å². The number of carbonyl (C=O) groups is 1. The van der Waals surface area contributed by atoms with Crippen LogP contribution in [0.2, 0.25) is 0 Å². The average Bonchev–Trinajstić information content (AvgIpc) is 2.32. The Morgan fingerprint density at radius 3 is 2.46 bits per heavy atom. The van der Waals surface area contributed by atoms with Gasteiger partial charge in [0.15, 0.2) is 0 Å². The quantitative estimate of drug-likeness (QED) is 0.685. The molecule has 1 radical (unpaired) electrons. The predicted molar refractivity (Wildman–Crippen MR) is 48.1 cm³/mol. The molecule has 1 aromatic heterocycles. The molecule has 0 N–H and O–H groups in total. The molecule has 13 heavy (non-hydrogen) atoms. The second-order valence-electron chi connectivity index (χ2n) is 2.38. The first-order valence-electron chi connectivity index (χ1n) is 3.55. The molecule has 0 aliphatic rings. The summed E-state index contributed by atoms with van der Waals surface area (Å²) >= 11 is 0.968. The summed E-state index contributed by atoms with van der Waals surface area (Å²) in [7, 11) is 0. The summed E-state index contributed by atoms with van der Waals surface area (Å²) in [4.78, 5) is 14.5. The molecule has 0 bridgehead atoms. The third-order valence-electron chi connectivity index (χ3n) is 1.54. The van der Waals surface area contributed by atoms with Crippen molar-refractivity contribution in [1.29, 1.82) is 0 Å². The van der Waals surface area contributed by atoms with Crippen LogP contribution in [0, 0.1) is 13.8 Å². The second-order valence-corrected chi connectivity index (χ2v) is 3.11. The molecule has 0 atom stereocenters. The van der Waals surface area contributed by atoms with E-state index in [1.165, 1.54) is 0 Å². The molecule has 0 saturated heterocycles. The average molecular weight is 201 g/mol. The standard InChI is InChI=1S/C7H9N2O3S/c1-4-5(2)12-6(8-4)9(13-3)7(10)11/h1-3H3. The van der Waals surface area contributed by atoms with Gasteiger partial charge in [-0.05, 0) is 25.8 Å². The van der Waals surface area contributed by atoms with Crippen molar-refractivity contribution < 1.29 is 14.3 Å². The first-order chi connectivity index (χ1) is 6.06. The largest absolute Gasteiger partial charge is 0.471 e. The Balaban J connectivity index is 2.98. The van der Waals surface area contributed by atoms with Gasteiger partial charge >= 0.3 is 12.1 Å². The molecule has 0 spiro atoms.